The van der Waals surface area contributed by atoms with E-state index in [4.69, 9.17) is 9.47 Å². The zero-order valence-electron chi connectivity index (χ0n) is 21.7. The van der Waals surface area contributed by atoms with Crippen LogP contribution in [0, 0.1) is 6.92 Å². The lowest BCUT2D eigenvalue weighted by Gasteiger charge is -2.17. The van der Waals surface area contributed by atoms with Crippen LogP contribution in [0.4, 0.5) is 18.9 Å². The van der Waals surface area contributed by atoms with E-state index in [1.54, 1.807) is 13.2 Å². The Morgan fingerprint density at radius 3 is 2.27 bits per heavy atom. The molecule has 0 aliphatic carbocycles. The number of anilines is 1. The minimum Gasteiger partial charge on any atom is -0.496 e. The van der Waals surface area contributed by atoms with Gasteiger partial charge in [0.2, 0.25) is 10.0 Å². The summed E-state index contributed by atoms with van der Waals surface area (Å²) in [6.45, 7) is 7.84. The van der Waals surface area contributed by atoms with Crippen LogP contribution < -0.4 is 14.2 Å². The first kappa shape index (κ1) is 32.6. The summed E-state index contributed by atoms with van der Waals surface area (Å²) in [5.41, 5.74) is 1.80. The molecule has 12 heteroatoms. The fourth-order valence-electron chi connectivity index (χ4n) is 3.18. The van der Waals surface area contributed by atoms with E-state index in [9.17, 15) is 31.8 Å². The Morgan fingerprint density at radius 2 is 1.81 bits per heavy atom. The molecule has 0 amide bonds. The SMILES string of the molecule is CCSc1ccc(NS(C)(=O)=O)c(C(F)(F)F)c1.COc1c(C)c(OCC=C(C)C)cc(CO)c1CO. The number of rotatable bonds is 10. The van der Waals surface area contributed by atoms with Crippen molar-refractivity contribution in [3.05, 3.63) is 58.2 Å². The Hall–Kier alpha value is -2.41. The van der Waals surface area contributed by atoms with Gasteiger partial charge in [0.15, 0.2) is 0 Å². The van der Waals surface area contributed by atoms with E-state index in [2.05, 4.69) is 0 Å². The third kappa shape index (κ3) is 10.5. The third-order valence-electron chi connectivity index (χ3n) is 4.84. The van der Waals surface area contributed by atoms with Gasteiger partial charge in [0.1, 0.15) is 18.1 Å². The number of benzene rings is 2. The largest absolute Gasteiger partial charge is 0.496 e. The fourth-order valence-corrected chi connectivity index (χ4v) is 4.46. The summed E-state index contributed by atoms with van der Waals surface area (Å²) in [6, 6.07) is 5.28. The number of alkyl halides is 3. The molecule has 3 N–H and O–H groups in total. The molecule has 37 heavy (non-hydrogen) atoms. The van der Waals surface area contributed by atoms with Gasteiger partial charge in [-0.05, 0) is 62.4 Å². The maximum absolute atomic E-state index is 12.8. The highest BCUT2D eigenvalue weighted by Crippen LogP contribution is 2.38. The van der Waals surface area contributed by atoms with E-state index in [0.717, 1.165) is 24.0 Å². The Balaban J connectivity index is 0.000000371. The maximum atomic E-state index is 12.8. The van der Waals surface area contributed by atoms with Crippen LogP contribution in [0.25, 0.3) is 0 Å². The zero-order valence-corrected chi connectivity index (χ0v) is 23.3. The fraction of sp³-hybridized carbons (Fsp3) is 0.440. The molecule has 0 spiro atoms. The number of nitrogens with one attached hydrogen (secondary N) is 1. The van der Waals surface area contributed by atoms with Gasteiger partial charge in [-0.1, -0.05) is 12.5 Å². The zero-order chi connectivity index (χ0) is 28.4. The molecule has 0 aromatic heterocycles. The topological polar surface area (TPSA) is 105 Å². The van der Waals surface area contributed by atoms with Crippen molar-refractivity contribution in [2.45, 2.75) is 52.0 Å². The second-order valence-electron chi connectivity index (χ2n) is 8.09. The number of aliphatic hydroxyl groups is 2. The predicted molar refractivity (Wildman–Crippen MR) is 141 cm³/mol. The summed E-state index contributed by atoms with van der Waals surface area (Å²) in [7, 11) is -2.20. The molecule has 208 valence electrons. The molecule has 2 aromatic rings. The van der Waals surface area contributed by atoms with Gasteiger partial charge < -0.3 is 19.7 Å². The van der Waals surface area contributed by atoms with Crippen molar-refractivity contribution < 1.29 is 41.3 Å². The molecule has 0 bridgehead atoms. The first-order valence-corrected chi connectivity index (χ1v) is 14.0. The molecule has 0 saturated carbocycles. The molecule has 0 aliphatic heterocycles. The number of hydrogen-bond donors (Lipinski definition) is 3. The average Bonchev–Trinajstić information content (AvgIpc) is 2.79. The van der Waals surface area contributed by atoms with E-state index in [0.29, 0.717) is 39.9 Å². The van der Waals surface area contributed by atoms with Crippen LogP contribution in [0.5, 0.6) is 11.5 Å². The number of ether oxygens (including phenoxy) is 2. The highest BCUT2D eigenvalue weighted by atomic mass is 32.2. The molecular weight excluding hydrogens is 531 g/mol. The lowest BCUT2D eigenvalue weighted by atomic mass is 10.0. The number of aliphatic hydroxyl groups excluding tert-OH is 2. The van der Waals surface area contributed by atoms with Crippen LogP contribution in [-0.2, 0) is 29.4 Å². The summed E-state index contributed by atoms with van der Waals surface area (Å²) in [4.78, 5) is 0.448. The van der Waals surface area contributed by atoms with E-state index in [1.807, 2.05) is 38.5 Å². The lowest BCUT2D eigenvalue weighted by Crippen LogP contribution is -2.15. The number of allylic oxidation sites excluding steroid dienone is 1. The number of sulfonamides is 1. The molecule has 0 fully saturated rings. The molecule has 0 aliphatic rings. The van der Waals surface area contributed by atoms with Crippen molar-refractivity contribution in [1.82, 2.24) is 0 Å². The smallest absolute Gasteiger partial charge is 0.418 e. The predicted octanol–water partition coefficient (Wildman–Crippen LogP) is 5.52. The summed E-state index contributed by atoms with van der Waals surface area (Å²) in [5, 5.41) is 18.7. The summed E-state index contributed by atoms with van der Waals surface area (Å²) in [6.07, 6.45) is -1.82. The monoisotopic (exact) mass is 565 g/mol. The number of methoxy groups -OCH3 is 1. The second-order valence-corrected chi connectivity index (χ2v) is 11.2. The minimum atomic E-state index is -4.60. The molecule has 0 radical (unpaired) electrons. The summed E-state index contributed by atoms with van der Waals surface area (Å²) in [5.74, 6) is 1.87. The van der Waals surface area contributed by atoms with E-state index in [-0.39, 0.29) is 13.2 Å². The van der Waals surface area contributed by atoms with Gasteiger partial charge in [0, 0.05) is 16.0 Å². The number of thioether (sulfide) groups is 1. The Kier molecular flexibility index (Phi) is 12.8. The van der Waals surface area contributed by atoms with E-state index < -0.39 is 27.5 Å². The lowest BCUT2D eigenvalue weighted by molar-refractivity contribution is -0.137. The average molecular weight is 566 g/mol. The first-order valence-electron chi connectivity index (χ1n) is 11.2. The van der Waals surface area contributed by atoms with Crippen molar-refractivity contribution in [2.24, 2.45) is 0 Å². The summed E-state index contributed by atoms with van der Waals surface area (Å²) < 4.78 is 73.3. The van der Waals surface area contributed by atoms with Crippen LogP contribution in [0.1, 0.15) is 43.0 Å². The minimum absolute atomic E-state index is 0.161. The quantitative estimate of drug-likeness (QED) is 0.257. The molecular formula is C25H34F3NO6S2. The Labute approximate surface area is 220 Å². The molecule has 7 nitrogen and oxygen atoms in total. The first-order chi connectivity index (χ1) is 17.2. The van der Waals surface area contributed by atoms with Gasteiger partial charge in [-0.25, -0.2) is 8.42 Å². The normalized spacial score (nSPS) is 11.3. The van der Waals surface area contributed by atoms with Crippen LogP contribution in [0.3, 0.4) is 0 Å². The Morgan fingerprint density at radius 1 is 1.16 bits per heavy atom. The van der Waals surface area contributed by atoms with Gasteiger partial charge in [-0.15, -0.1) is 11.8 Å². The number of hydrogen-bond acceptors (Lipinski definition) is 7. The van der Waals surface area contributed by atoms with Gasteiger partial charge in [0.25, 0.3) is 0 Å². The highest BCUT2D eigenvalue weighted by molar-refractivity contribution is 7.99. The van der Waals surface area contributed by atoms with Crippen molar-refractivity contribution in [3.63, 3.8) is 0 Å². The van der Waals surface area contributed by atoms with Gasteiger partial charge in [0.05, 0.1) is 37.8 Å². The summed E-state index contributed by atoms with van der Waals surface area (Å²) >= 11 is 1.26. The van der Waals surface area contributed by atoms with Crippen molar-refractivity contribution in [1.29, 1.82) is 0 Å². The van der Waals surface area contributed by atoms with Gasteiger partial charge >= 0.3 is 6.18 Å². The third-order valence-corrected chi connectivity index (χ3v) is 6.31. The standard InChI is InChI=1S/C15H22O4.C10H12F3NO2S2/c1-10(2)5-6-19-14-7-12(8-16)13(9-17)15(18-4)11(14)3;1-3-17-7-4-5-9(14-18(2,15)16)8(6-7)10(11,12)13/h5,7,16-17H,6,8-9H2,1-4H3;4-6,14H,3H2,1-2H3. The molecule has 0 saturated heterocycles. The second kappa shape index (κ2) is 14.5. The van der Waals surface area contributed by atoms with E-state index >= 15 is 0 Å². The Bertz CT molecular complexity index is 1180. The van der Waals surface area contributed by atoms with Gasteiger partial charge in [-0.2, -0.15) is 13.2 Å². The van der Waals surface area contributed by atoms with Gasteiger partial charge in [-0.3, -0.25) is 4.72 Å². The van der Waals surface area contributed by atoms with Crippen molar-refractivity contribution >= 4 is 27.5 Å². The maximum Gasteiger partial charge on any atom is 0.418 e. The van der Waals surface area contributed by atoms with Crippen molar-refractivity contribution in [3.8, 4) is 11.5 Å². The molecule has 0 atom stereocenters. The van der Waals surface area contributed by atoms with Crippen LogP contribution in [-0.4, -0.2) is 44.4 Å². The van der Waals surface area contributed by atoms with E-state index in [1.165, 1.54) is 23.4 Å². The highest BCUT2D eigenvalue weighted by Gasteiger charge is 2.34. The molecule has 0 unspecified atom stereocenters. The number of halogens is 3. The van der Waals surface area contributed by atoms with Crippen LogP contribution in [0.15, 0.2) is 40.8 Å². The molecule has 2 aromatic carbocycles. The van der Waals surface area contributed by atoms with Crippen LogP contribution >= 0.6 is 11.8 Å². The van der Waals surface area contributed by atoms with Crippen molar-refractivity contribution in [2.75, 3.05) is 30.4 Å². The molecule has 2 rings (SSSR count). The molecule has 0 heterocycles. The van der Waals surface area contributed by atoms with Crippen LogP contribution in [0.2, 0.25) is 0 Å².